The Morgan fingerprint density at radius 2 is 1.65 bits per heavy atom. The van der Waals surface area contributed by atoms with Crippen LogP contribution in [0.5, 0.6) is 0 Å². The fourth-order valence-electron chi connectivity index (χ4n) is 4.72. The summed E-state index contributed by atoms with van der Waals surface area (Å²) in [5, 5.41) is 0. The van der Waals surface area contributed by atoms with Gasteiger partial charge in [-0.15, -0.1) is 0 Å². The van der Waals surface area contributed by atoms with Crippen molar-refractivity contribution in [2.75, 3.05) is 46.9 Å². The number of likely N-dealkylation sites (tertiary alicyclic amines) is 1. The van der Waals surface area contributed by atoms with Gasteiger partial charge < -0.3 is 14.5 Å². The number of likely N-dealkylation sites (N-methyl/N-ethyl adjacent to an activating group) is 1. The van der Waals surface area contributed by atoms with Crippen molar-refractivity contribution < 1.29 is 17.9 Å². The third kappa shape index (κ3) is 6.58. The van der Waals surface area contributed by atoms with Gasteiger partial charge in [-0.1, -0.05) is 48.5 Å². The van der Waals surface area contributed by atoms with Gasteiger partial charge in [-0.2, -0.15) is 0 Å². The van der Waals surface area contributed by atoms with E-state index in [1.165, 1.54) is 11.4 Å². The number of nitrogens with zero attached hydrogens (tertiary/aromatic N) is 3. The van der Waals surface area contributed by atoms with Crippen molar-refractivity contribution in [1.29, 1.82) is 0 Å². The lowest BCUT2D eigenvalue weighted by molar-refractivity contribution is 0.0800. The van der Waals surface area contributed by atoms with Crippen LogP contribution in [0.2, 0.25) is 0 Å². The Morgan fingerprint density at radius 3 is 2.21 bits per heavy atom. The van der Waals surface area contributed by atoms with E-state index in [1.54, 1.807) is 31.3 Å². The second-order valence-electron chi connectivity index (χ2n) is 8.82. The fourth-order valence-corrected chi connectivity index (χ4v) is 5.95. The van der Waals surface area contributed by atoms with Crippen molar-refractivity contribution in [3.05, 3.63) is 66.2 Å². The number of sulfonamides is 1. The lowest BCUT2D eigenvalue weighted by Gasteiger charge is -2.38. The molecular weight excluding hydrogens is 450 g/mol. The average molecular weight is 488 g/mol. The molecule has 1 aliphatic heterocycles. The summed E-state index contributed by atoms with van der Waals surface area (Å²) in [4.78, 5) is 16.6. The average Bonchev–Trinajstić information content (AvgIpc) is 2.88. The maximum atomic E-state index is 13.1. The van der Waals surface area contributed by atoms with Crippen LogP contribution in [-0.2, 0) is 14.8 Å². The monoisotopic (exact) mass is 487 g/mol. The van der Waals surface area contributed by atoms with Crippen LogP contribution in [0, 0.1) is 0 Å². The predicted octanol–water partition coefficient (Wildman–Crippen LogP) is 4.03. The minimum atomic E-state index is -3.55. The highest BCUT2D eigenvalue weighted by molar-refractivity contribution is 7.89. The normalized spacial score (nSPS) is 16.4. The number of hydrogen-bond acceptors (Lipinski definition) is 5. The lowest BCUT2D eigenvalue weighted by Crippen LogP contribution is -2.47. The van der Waals surface area contributed by atoms with E-state index in [1.807, 2.05) is 36.1 Å². The van der Waals surface area contributed by atoms with Gasteiger partial charge in [0.25, 0.3) is 0 Å². The van der Waals surface area contributed by atoms with Crippen LogP contribution < -0.4 is 0 Å². The van der Waals surface area contributed by atoms with Gasteiger partial charge in [0.2, 0.25) is 10.0 Å². The minimum Gasteiger partial charge on any atom is -0.453 e. The second kappa shape index (κ2) is 12.3. The van der Waals surface area contributed by atoms with E-state index in [0.29, 0.717) is 18.0 Å². The van der Waals surface area contributed by atoms with Gasteiger partial charge in [-0.05, 0) is 56.3 Å². The molecule has 1 amide bonds. The van der Waals surface area contributed by atoms with E-state index >= 15 is 0 Å². The van der Waals surface area contributed by atoms with Crippen LogP contribution in [0.25, 0.3) is 0 Å². The van der Waals surface area contributed by atoms with Crippen LogP contribution in [0.3, 0.4) is 0 Å². The summed E-state index contributed by atoms with van der Waals surface area (Å²) in [6.45, 7) is 5.76. The van der Waals surface area contributed by atoms with Crippen LogP contribution in [-0.4, -0.2) is 81.5 Å². The Balaban J connectivity index is 1.63. The van der Waals surface area contributed by atoms with Gasteiger partial charge in [0, 0.05) is 39.3 Å². The molecular formula is C26H37N3O4S. The topological polar surface area (TPSA) is 70.2 Å². The fraction of sp³-hybridized carbons (Fsp3) is 0.500. The Kier molecular flexibility index (Phi) is 9.50. The summed E-state index contributed by atoms with van der Waals surface area (Å²) in [5.74, 6) is 0.0876. The maximum Gasteiger partial charge on any atom is 0.409 e. The Hall–Kier alpha value is -2.42. The van der Waals surface area contributed by atoms with Gasteiger partial charge in [0.1, 0.15) is 0 Å². The summed E-state index contributed by atoms with van der Waals surface area (Å²) >= 11 is 0. The molecule has 0 saturated carbocycles. The molecule has 34 heavy (non-hydrogen) atoms. The van der Waals surface area contributed by atoms with Crippen LogP contribution in [0.4, 0.5) is 4.79 Å². The highest BCUT2D eigenvalue weighted by Crippen LogP contribution is 2.25. The van der Waals surface area contributed by atoms with Gasteiger partial charge in [-0.3, -0.25) is 0 Å². The molecule has 1 aliphatic rings. The van der Waals surface area contributed by atoms with E-state index in [-0.39, 0.29) is 18.1 Å². The number of hydrogen-bond donors (Lipinski definition) is 0. The first-order chi connectivity index (χ1) is 16.4. The zero-order valence-electron chi connectivity index (χ0n) is 20.5. The Bertz CT molecular complexity index is 993. The molecule has 0 spiro atoms. The third-order valence-corrected chi connectivity index (χ3v) is 8.58. The lowest BCUT2D eigenvalue weighted by atomic mass is 9.94. The maximum absolute atomic E-state index is 13.1. The molecule has 2 aromatic rings. The van der Waals surface area contributed by atoms with Crippen molar-refractivity contribution in [1.82, 2.24) is 14.1 Å². The van der Waals surface area contributed by atoms with E-state index in [9.17, 15) is 13.2 Å². The summed E-state index contributed by atoms with van der Waals surface area (Å²) in [6.07, 6.45) is 2.44. The molecule has 8 heteroatoms. The highest BCUT2D eigenvalue weighted by Gasteiger charge is 2.29. The predicted molar refractivity (Wildman–Crippen MR) is 134 cm³/mol. The largest absolute Gasteiger partial charge is 0.453 e. The smallest absolute Gasteiger partial charge is 0.409 e. The molecule has 0 unspecified atom stereocenters. The zero-order chi connectivity index (χ0) is 24.6. The number of ether oxygens (including phenoxy) is 1. The summed E-state index contributed by atoms with van der Waals surface area (Å²) < 4.78 is 32.6. The molecule has 0 radical (unpaired) electrons. The Morgan fingerprint density at radius 1 is 1.06 bits per heavy atom. The minimum absolute atomic E-state index is 0.0876. The molecule has 3 rings (SSSR count). The van der Waals surface area contributed by atoms with Crippen LogP contribution >= 0.6 is 0 Å². The molecule has 1 saturated heterocycles. The number of carbonyl (C=O) groups excluding carboxylic acids is 1. The van der Waals surface area contributed by atoms with Crippen molar-refractivity contribution in [3.8, 4) is 0 Å². The second-order valence-corrected chi connectivity index (χ2v) is 10.9. The van der Waals surface area contributed by atoms with Crippen molar-refractivity contribution in [2.24, 2.45) is 0 Å². The van der Waals surface area contributed by atoms with E-state index < -0.39 is 10.0 Å². The van der Waals surface area contributed by atoms with Gasteiger partial charge in [0.05, 0.1) is 12.0 Å². The zero-order valence-corrected chi connectivity index (χ0v) is 21.3. The first-order valence-electron chi connectivity index (χ1n) is 12.0. The number of benzene rings is 2. The molecule has 7 nitrogen and oxygen atoms in total. The molecule has 0 aromatic heterocycles. The molecule has 186 valence electrons. The number of amides is 1. The quantitative estimate of drug-likeness (QED) is 0.506. The third-order valence-electron chi connectivity index (χ3n) is 6.74. The van der Waals surface area contributed by atoms with Gasteiger partial charge >= 0.3 is 6.09 Å². The first kappa shape index (κ1) is 26.2. The van der Waals surface area contributed by atoms with E-state index in [0.717, 1.165) is 44.5 Å². The molecule has 0 aliphatic carbocycles. The van der Waals surface area contributed by atoms with E-state index in [2.05, 4.69) is 17.0 Å². The van der Waals surface area contributed by atoms with Crippen molar-refractivity contribution in [2.45, 2.75) is 43.0 Å². The molecule has 1 atom stereocenters. The molecule has 2 aromatic carbocycles. The van der Waals surface area contributed by atoms with Crippen LogP contribution in [0.1, 0.15) is 37.7 Å². The summed E-state index contributed by atoms with van der Waals surface area (Å²) in [7, 11) is -0.453. The molecule has 0 bridgehead atoms. The first-order valence-corrected chi connectivity index (χ1v) is 13.4. The van der Waals surface area contributed by atoms with Crippen molar-refractivity contribution >= 4 is 16.1 Å². The summed E-state index contributed by atoms with van der Waals surface area (Å²) in [6, 6.07) is 19.0. The molecule has 1 heterocycles. The molecule has 0 N–H and O–H groups in total. The number of carbonyl (C=O) groups is 1. The highest BCUT2D eigenvalue weighted by atomic mass is 32.2. The number of rotatable bonds is 10. The van der Waals surface area contributed by atoms with Gasteiger partial charge in [0.15, 0.2) is 0 Å². The number of piperidine rings is 1. The standard InChI is InChI=1S/C26H37N3O4S/c1-4-29(26(30)33-3)24-16-19-28(20-17-24)18-15-23(22-11-7-5-8-12-22)21-27(2)34(31,32)25-13-9-6-10-14-25/h5-14,23-24H,4,15-21H2,1-3H3/t23-/m1/s1. The van der Waals surface area contributed by atoms with Gasteiger partial charge in [-0.25, -0.2) is 17.5 Å². The summed E-state index contributed by atoms with van der Waals surface area (Å²) in [5.41, 5.74) is 1.15. The van der Waals surface area contributed by atoms with E-state index in [4.69, 9.17) is 4.74 Å². The number of methoxy groups -OCH3 is 1. The van der Waals surface area contributed by atoms with Crippen LogP contribution in [0.15, 0.2) is 65.6 Å². The van der Waals surface area contributed by atoms with Crippen molar-refractivity contribution in [3.63, 3.8) is 0 Å². The SMILES string of the molecule is CCN(C(=O)OC)C1CCN(CC[C@H](CN(C)S(=O)(=O)c2ccccc2)c2ccccc2)CC1. The Labute approximate surface area is 204 Å². The molecule has 1 fully saturated rings.